The van der Waals surface area contributed by atoms with Gasteiger partial charge in [-0.15, -0.1) is 0 Å². The van der Waals surface area contributed by atoms with Crippen LogP contribution in [-0.4, -0.2) is 30.2 Å². The fourth-order valence-electron chi connectivity index (χ4n) is 4.01. The van der Waals surface area contributed by atoms with Gasteiger partial charge in [0.05, 0.1) is 0 Å². The van der Waals surface area contributed by atoms with Crippen molar-refractivity contribution in [2.24, 2.45) is 28.3 Å². The van der Waals surface area contributed by atoms with Crippen LogP contribution in [0.25, 0.3) is 0 Å². The van der Waals surface area contributed by atoms with Crippen LogP contribution in [-0.2, 0) is 4.79 Å². The van der Waals surface area contributed by atoms with E-state index < -0.39 is 0 Å². The molecule has 0 aromatic heterocycles. The Morgan fingerprint density at radius 1 is 1.08 bits per heavy atom. The van der Waals surface area contributed by atoms with Crippen LogP contribution in [0.15, 0.2) is 4.99 Å². The summed E-state index contributed by atoms with van der Waals surface area (Å²) >= 11 is 3.53. The van der Waals surface area contributed by atoms with E-state index in [1.54, 1.807) is 6.26 Å². The second-order valence-corrected chi connectivity index (χ2v) is 7.63. The van der Waals surface area contributed by atoms with Crippen LogP contribution in [0.3, 0.4) is 0 Å². The van der Waals surface area contributed by atoms with Crippen LogP contribution < -0.4 is 16.8 Å². The van der Waals surface area contributed by atoms with Crippen molar-refractivity contribution in [1.29, 1.82) is 0 Å². The number of nitrogens with two attached hydrogens (primary N) is 2. The molecule has 1 amide bonds. The van der Waals surface area contributed by atoms with Gasteiger partial charge in [0.15, 0.2) is 5.96 Å². The number of aliphatic imine (C=N–C) groups is 1. The lowest BCUT2D eigenvalue weighted by Gasteiger charge is -2.22. The van der Waals surface area contributed by atoms with Gasteiger partial charge in [-0.3, -0.25) is 10.1 Å². The molecule has 5 nitrogen and oxygen atoms in total. The van der Waals surface area contributed by atoms with E-state index in [0.717, 1.165) is 24.7 Å². The van der Waals surface area contributed by atoms with Gasteiger partial charge in [-0.05, 0) is 43.8 Å². The quantitative estimate of drug-likeness (QED) is 0.575. The lowest BCUT2D eigenvalue weighted by atomic mass is 9.85. The highest BCUT2D eigenvalue weighted by molar-refractivity contribution is 7.79. The first-order valence-corrected chi connectivity index (χ1v) is 10.8. The molecule has 3 rings (SSSR count). The van der Waals surface area contributed by atoms with Gasteiger partial charge in [-0.2, -0.15) is 12.6 Å². The van der Waals surface area contributed by atoms with E-state index in [4.69, 9.17) is 11.5 Å². The van der Waals surface area contributed by atoms with E-state index in [0.29, 0.717) is 6.04 Å². The van der Waals surface area contributed by atoms with Gasteiger partial charge in [0.1, 0.15) is 6.04 Å². The minimum absolute atomic E-state index is 0.0247. The minimum Gasteiger partial charge on any atom is -0.370 e. The molecule has 0 spiro atoms. The van der Waals surface area contributed by atoms with Crippen molar-refractivity contribution in [2.45, 2.75) is 89.6 Å². The Labute approximate surface area is 159 Å². The molecule has 3 unspecified atom stereocenters. The first-order chi connectivity index (χ1) is 12.0. The summed E-state index contributed by atoms with van der Waals surface area (Å²) in [5, 5.41) is 2.54. The molecule has 0 aromatic rings. The SMILES string of the molecule is CC1CCCC(N)C1.CS.NC1=NC(CCC2CCCCC2)C(=O)N1. The van der Waals surface area contributed by atoms with Crippen LogP contribution in [0.2, 0.25) is 0 Å². The smallest absolute Gasteiger partial charge is 0.251 e. The van der Waals surface area contributed by atoms with Crippen LogP contribution in [0.5, 0.6) is 0 Å². The molecule has 5 N–H and O–H groups in total. The van der Waals surface area contributed by atoms with Crippen LogP contribution >= 0.6 is 12.6 Å². The zero-order valence-corrected chi connectivity index (χ0v) is 16.9. The molecule has 1 heterocycles. The van der Waals surface area contributed by atoms with Crippen molar-refractivity contribution < 1.29 is 4.79 Å². The van der Waals surface area contributed by atoms with Crippen molar-refractivity contribution in [3.05, 3.63) is 0 Å². The fraction of sp³-hybridized carbons (Fsp3) is 0.895. The highest BCUT2D eigenvalue weighted by atomic mass is 32.1. The topological polar surface area (TPSA) is 93.5 Å². The maximum Gasteiger partial charge on any atom is 0.251 e. The Hall–Kier alpha value is -0.750. The average molecular weight is 371 g/mol. The maximum atomic E-state index is 11.4. The number of hydrogen-bond donors (Lipinski definition) is 4. The number of nitrogens with zero attached hydrogens (tertiary/aromatic N) is 1. The lowest BCUT2D eigenvalue weighted by Crippen LogP contribution is -2.33. The molecule has 0 radical (unpaired) electrons. The van der Waals surface area contributed by atoms with Gasteiger partial charge in [0.25, 0.3) is 5.91 Å². The number of rotatable bonds is 3. The van der Waals surface area contributed by atoms with Crippen molar-refractivity contribution in [2.75, 3.05) is 6.26 Å². The Morgan fingerprint density at radius 3 is 2.24 bits per heavy atom. The van der Waals surface area contributed by atoms with Gasteiger partial charge in [0.2, 0.25) is 0 Å². The zero-order chi connectivity index (χ0) is 18.7. The van der Waals surface area contributed by atoms with Crippen LogP contribution in [0.1, 0.15) is 77.6 Å². The third-order valence-corrected chi connectivity index (χ3v) is 5.40. The number of amides is 1. The predicted molar refractivity (Wildman–Crippen MR) is 110 cm³/mol. The predicted octanol–water partition coefficient (Wildman–Crippen LogP) is 3.23. The van der Waals surface area contributed by atoms with Gasteiger partial charge in [0, 0.05) is 6.04 Å². The highest BCUT2D eigenvalue weighted by Crippen LogP contribution is 2.28. The molecule has 0 aromatic carbocycles. The summed E-state index contributed by atoms with van der Waals surface area (Å²) in [6, 6.07) is 0.297. The first-order valence-electron chi connectivity index (χ1n) is 9.89. The first kappa shape index (κ1) is 22.3. The molecule has 146 valence electrons. The Morgan fingerprint density at radius 2 is 1.76 bits per heavy atom. The summed E-state index contributed by atoms with van der Waals surface area (Å²) in [5.41, 5.74) is 11.2. The molecule has 3 aliphatic rings. The van der Waals surface area contributed by atoms with Gasteiger partial charge >= 0.3 is 0 Å². The summed E-state index contributed by atoms with van der Waals surface area (Å²) in [4.78, 5) is 15.4. The Balaban J connectivity index is 0.000000264. The van der Waals surface area contributed by atoms with Crippen molar-refractivity contribution in [3.63, 3.8) is 0 Å². The summed E-state index contributed by atoms with van der Waals surface area (Å²) in [7, 11) is 0. The molecule has 2 saturated carbocycles. The van der Waals surface area contributed by atoms with Gasteiger partial charge < -0.3 is 11.5 Å². The van der Waals surface area contributed by atoms with E-state index >= 15 is 0 Å². The van der Waals surface area contributed by atoms with Crippen molar-refractivity contribution in [1.82, 2.24) is 5.32 Å². The average Bonchev–Trinajstić information content (AvgIpc) is 2.94. The molecule has 6 heteroatoms. The third-order valence-electron chi connectivity index (χ3n) is 5.40. The third kappa shape index (κ3) is 8.95. The molecule has 1 aliphatic heterocycles. The van der Waals surface area contributed by atoms with E-state index in [1.807, 2.05) is 0 Å². The van der Waals surface area contributed by atoms with E-state index in [1.165, 1.54) is 57.8 Å². The second kappa shape index (κ2) is 12.6. The van der Waals surface area contributed by atoms with Gasteiger partial charge in [-0.25, -0.2) is 4.99 Å². The monoisotopic (exact) mass is 370 g/mol. The molecule has 0 saturated heterocycles. The highest BCUT2D eigenvalue weighted by Gasteiger charge is 2.25. The van der Waals surface area contributed by atoms with Crippen LogP contribution in [0.4, 0.5) is 0 Å². The van der Waals surface area contributed by atoms with Crippen molar-refractivity contribution >= 4 is 24.5 Å². The van der Waals surface area contributed by atoms with Gasteiger partial charge in [-0.1, -0.05) is 51.9 Å². The molecule has 0 bridgehead atoms. The zero-order valence-electron chi connectivity index (χ0n) is 16.0. The van der Waals surface area contributed by atoms with E-state index in [-0.39, 0.29) is 17.9 Å². The van der Waals surface area contributed by atoms with Crippen LogP contribution in [0, 0.1) is 11.8 Å². The summed E-state index contributed by atoms with van der Waals surface area (Å²) in [5.74, 6) is 1.96. The Bertz CT molecular complexity index is 402. The van der Waals surface area contributed by atoms with E-state index in [9.17, 15) is 4.79 Å². The fourth-order valence-corrected chi connectivity index (χ4v) is 4.01. The maximum absolute atomic E-state index is 11.4. The number of thiol groups is 1. The number of hydrogen-bond acceptors (Lipinski definition) is 5. The molecule has 3 atom stereocenters. The summed E-state index contributed by atoms with van der Waals surface area (Å²) < 4.78 is 0. The number of carbonyl (C=O) groups is 1. The largest absolute Gasteiger partial charge is 0.370 e. The van der Waals surface area contributed by atoms with Crippen molar-refractivity contribution in [3.8, 4) is 0 Å². The normalized spacial score (nSPS) is 29.5. The lowest BCUT2D eigenvalue weighted by molar-refractivity contribution is -0.120. The number of carbonyl (C=O) groups excluding carboxylic acids is 1. The molecule has 25 heavy (non-hydrogen) atoms. The molecule has 2 aliphatic carbocycles. The molecule has 2 fully saturated rings. The van der Waals surface area contributed by atoms with E-state index in [2.05, 4.69) is 29.9 Å². The summed E-state index contributed by atoms with van der Waals surface area (Å²) in [6.45, 7) is 2.29. The standard InChI is InChI=1S/C11H19N3O.C7H15N.CH4S/c12-11-13-9(10(15)14-11)7-6-8-4-2-1-3-5-8;1-6-3-2-4-7(8)5-6;1-2/h8-9H,1-7H2,(H3,12,13,14,15);6-7H,2-5,8H2,1H3;2H,1H3. The number of guanidine groups is 1. The molecular formula is C19H38N4OS. The second-order valence-electron chi connectivity index (χ2n) is 7.63. The molecular weight excluding hydrogens is 332 g/mol. The number of nitrogens with one attached hydrogen (secondary N) is 1. The Kier molecular flexibility index (Phi) is 11.2. The summed E-state index contributed by atoms with van der Waals surface area (Å²) in [6.07, 6.45) is 15.7. The minimum atomic E-state index is -0.216.